The van der Waals surface area contributed by atoms with Gasteiger partial charge in [0.05, 0.1) is 4.90 Å². The Kier molecular flexibility index (Phi) is 5.44. The Labute approximate surface area is 154 Å². The molecule has 0 radical (unpaired) electrons. The number of hydrogen-bond donors (Lipinski definition) is 2. The number of hydrogen-bond acceptors (Lipinski definition) is 3. The molecule has 1 aliphatic carbocycles. The van der Waals surface area contributed by atoms with E-state index in [1.165, 1.54) is 0 Å². The molecule has 1 aliphatic rings. The van der Waals surface area contributed by atoms with E-state index in [1.807, 2.05) is 32.0 Å². The summed E-state index contributed by atoms with van der Waals surface area (Å²) in [6.45, 7) is 3.95. The van der Waals surface area contributed by atoms with Gasteiger partial charge in [0.25, 0.3) is 0 Å². The van der Waals surface area contributed by atoms with Gasteiger partial charge >= 0.3 is 0 Å². The average molecular weight is 372 g/mol. The number of rotatable bonds is 7. The van der Waals surface area contributed by atoms with Crippen molar-refractivity contribution in [3.63, 3.8) is 0 Å². The highest BCUT2D eigenvalue weighted by Crippen LogP contribution is 2.22. The molecule has 0 heterocycles. The Morgan fingerprint density at radius 1 is 1.08 bits per heavy atom. The zero-order valence-electron chi connectivity index (χ0n) is 15.1. The van der Waals surface area contributed by atoms with Crippen molar-refractivity contribution in [1.29, 1.82) is 0 Å². The number of carbonyl (C=O) groups is 1. The normalized spacial score (nSPS) is 14.2. The number of benzene rings is 2. The van der Waals surface area contributed by atoms with Crippen LogP contribution in [0.25, 0.3) is 0 Å². The fourth-order valence-corrected chi connectivity index (χ4v) is 3.97. The van der Waals surface area contributed by atoms with Crippen LogP contribution in [0.1, 0.15) is 36.0 Å². The van der Waals surface area contributed by atoms with Gasteiger partial charge < -0.3 is 5.32 Å². The lowest BCUT2D eigenvalue weighted by Gasteiger charge is -2.10. The van der Waals surface area contributed by atoms with Crippen LogP contribution in [0.2, 0.25) is 0 Å². The van der Waals surface area contributed by atoms with Crippen molar-refractivity contribution in [3.8, 4) is 0 Å². The van der Waals surface area contributed by atoms with Crippen LogP contribution >= 0.6 is 0 Å². The van der Waals surface area contributed by atoms with Gasteiger partial charge in [0.2, 0.25) is 15.9 Å². The van der Waals surface area contributed by atoms with Crippen LogP contribution in [0, 0.1) is 13.8 Å². The third-order valence-electron chi connectivity index (χ3n) is 4.44. The third kappa shape index (κ3) is 4.93. The van der Waals surface area contributed by atoms with E-state index in [-0.39, 0.29) is 16.8 Å². The summed E-state index contributed by atoms with van der Waals surface area (Å²) in [5, 5.41) is 2.94. The van der Waals surface area contributed by atoms with Gasteiger partial charge in [0.1, 0.15) is 0 Å². The van der Waals surface area contributed by atoms with Crippen LogP contribution in [-0.2, 0) is 21.2 Å². The fourth-order valence-electron chi connectivity index (χ4n) is 2.66. The zero-order valence-corrected chi connectivity index (χ0v) is 15.9. The molecule has 2 N–H and O–H groups in total. The predicted octanol–water partition coefficient (Wildman–Crippen LogP) is 3.32. The second-order valence-electron chi connectivity index (χ2n) is 6.91. The summed E-state index contributed by atoms with van der Waals surface area (Å²) in [7, 11) is -3.42. The minimum atomic E-state index is -3.42. The van der Waals surface area contributed by atoms with Gasteiger partial charge in [-0.2, -0.15) is 0 Å². The molecule has 2 aromatic carbocycles. The van der Waals surface area contributed by atoms with Gasteiger partial charge in [-0.1, -0.05) is 24.3 Å². The topological polar surface area (TPSA) is 75.3 Å². The van der Waals surface area contributed by atoms with Gasteiger partial charge in [0.15, 0.2) is 0 Å². The van der Waals surface area contributed by atoms with Crippen molar-refractivity contribution < 1.29 is 13.2 Å². The molecule has 0 unspecified atom stereocenters. The molecule has 1 saturated carbocycles. The molecule has 1 amide bonds. The van der Waals surface area contributed by atoms with Crippen molar-refractivity contribution in [3.05, 3.63) is 59.2 Å². The number of anilines is 1. The Morgan fingerprint density at radius 2 is 1.77 bits per heavy atom. The van der Waals surface area contributed by atoms with Gasteiger partial charge in [-0.15, -0.1) is 0 Å². The van der Waals surface area contributed by atoms with E-state index >= 15 is 0 Å². The van der Waals surface area contributed by atoms with Gasteiger partial charge in [-0.3, -0.25) is 4.79 Å². The number of aryl methyl sites for hydroxylation is 3. The average Bonchev–Trinajstić information content (AvgIpc) is 3.40. The first-order valence-corrected chi connectivity index (χ1v) is 10.3. The van der Waals surface area contributed by atoms with Gasteiger partial charge in [-0.25, -0.2) is 13.1 Å². The van der Waals surface area contributed by atoms with E-state index in [2.05, 4.69) is 10.0 Å². The van der Waals surface area contributed by atoms with Gasteiger partial charge in [0, 0.05) is 18.2 Å². The minimum absolute atomic E-state index is 0.0502. The second kappa shape index (κ2) is 7.60. The molecule has 5 nitrogen and oxygen atoms in total. The smallest absolute Gasteiger partial charge is 0.240 e. The Balaban J connectivity index is 1.56. The van der Waals surface area contributed by atoms with Crippen LogP contribution in [0.5, 0.6) is 0 Å². The summed E-state index contributed by atoms with van der Waals surface area (Å²) in [4.78, 5) is 12.5. The minimum Gasteiger partial charge on any atom is -0.326 e. The number of carbonyl (C=O) groups excluding carboxylic acids is 1. The molecular weight excluding hydrogens is 348 g/mol. The van der Waals surface area contributed by atoms with Gasteiger partial charge in [-0.05, 0) is 68.0 Å². The van der Waals surface area contributed by atoms with Crippen LogP contribution in [0.4, 0.5) is 5.69 Å². The molecule has 2 aromatic rings. The van der Waals surface area contributed by atoms with Crippen molar-refractivity contribution in [2.45, 2.75) is 50.5 Å². The highest BCUT2D eigenvalue weighted by molar-refractivity contribution is 7.89. The van der Waals surface area contributed by atoms with Crippen molar-refractivity contribution in [2.75, 3.05) is 5.32 Å². The predicted molar refractivity (Wildman–Crippen MR) is 103 cm³/mol. The Bertz CT molecular complexity index is 901. The van der Waals surface area contributed by atoms with E-state index in [9.17, 15) is 13.2 Å². The van der Waals surface area contributed by atoms with Crippen molar-refractivity contribution in [1.82, 2.24) is 4.72 Å². The Hall–Kier alpha value is -2.18. The molecule has 0 spiro atoms. The summed E-state index contributed by atoms with van der Waals surface area (Å²) in [6, 6.07) is 12.8. The molecule has 26 heavy (non-hydrogen) atoms. The molecule has 0 atom stereocenters. The van der Waals surface area contributed by atoms with Crippen LogP contribution in [0.15, 0.2) is 47.4 Å². The molecular formula is C20H24N2O3S. The van der Waals surface area contributed by atoms with E-state index in [4.69, 9.17) is 0 Å². The second-order valence-corrected chi connectivity index (χ2v) is 8.62. The van der Waals surface area contributed by atoms with E-state index in [0.717, 1.165) is 35.2 Å². The third-order valence-corrected chi connectivity index (χ3v) is 5.98. The summed E-state index contributed by atoms with van der Waals surface area (Å²) >= 11 is 0. The number of amides is 1. The molecule has 138 valence electrons. The molecule has 6 heteroatoms. The fraction of sp³-hybridized carbons (Fsp3) is 0.350. The molecule has 0 aliphatic heterocycles. The van der Waals surface area contributed by atoms with Crippen LogP contribution < -0.4 is 10.0 Å². The quantitative estimate of drug-likeness (QED) is 0.783. The highest BCUT2D eigenvalue weighted by Gasteiger charge is 2.27. The molecule has 1 fully saturated rings. The molecule has 3 rings (SSSR count). The first-order valence-electron chi connectivity index (χ1n) is 8.82. The maximum Gasteiger partial charge on any atom is 0.240 e. The SMILES string of the molecule is Cc1ccc(C)c(NC(=O)CCc2ccc(S(=O)(=O)NC3CC3)cc2)c1. The monoisotopic (exact) mass is 372 g/mol. The largest absolute Gasteiger partial charge is 0.326 e. The number of nitrogens with one attached hydrogen (secondary N) is 2. The Morgan fingerprint density at radius 3 is 2.42 bits per heavy atom. The molecule has 0 bridgehead atoms. The zero-order chi connectivity index (χ0) is 18.7. The lowest BCUT2D eigenvalue weighted by Crippen LogP contribution is -2.25. The summed E-state index contributed by atoms with van der Waals surface area (Å²) in [5.74, 6) is -0.0502. The van der Waals surface area contributed by atoms with Crippen LogP contribution in [0.3, 0.4) is 0 Å². The molecule has 0 aromatic heterocycles. The first kappa shape index (κ1) is 18.6. The lowest BCUT2D eigenvalue weighted by molar-refractivity contribution is -0.116. The van der Waals surface area contributed by atoms with Crippen molar-refractivity contribution >= 4 is 21.6 Å². The summed E-state index contributed by atoms with van der Waals surface area (Å²) in [6.07, 6.45) is 2.73. The van der Waals surface area contributed by atoms with E-state index in [1.54, 1.807) is 24.3 Å². The standard InChI is InChI=1S/C20H24N2O3S/c1-14-3-4-15(2)19(13-14)21-20(23)12-7-16-5-10-18(11-6-16)26(24,25)22-17-8-9-17/h3-6,10-11,13,17,22H,7-9,12H2,1-2H3,(H,21,23). The molecule has 0 saturated heterocycles. The van der Waals surface area contributed by atoms with E-state index < -0.39 is 10.0 Å². The highest BCUT2D eigenvalue weighted by atomic mass is 32.2. The van der Waals surface area contributed by atoms with E-state index in [0.29, 0.717) is 12.8 Å². The maximum absolute atomic E-state index is 12.2. The van der Waals surface area contributed by atoms with Crippen molar-refractivity contribution in [2.24, 2.45) is 0 Å². The summed E-state index contributed by atoms with van der Waals surface area (Å²) in [5.41, 5.74) is 3.90. The maximum atomic E-state index is 12.2. The van der Waals surface area contributed by atoms with Crippen LogP contribution in [-0.4, -0.2) is 20.4 Å². The lowest BCUT2D eigenvalue weighted by atomic mass is 10.1. The first-order chi connectivity index (χ1) is 12.3. The summed E-state index contributed by atoms with van der Waals surface area (Å²) < 4.78 is 27.0. The number of sulfonamides is 1.